The molecule has 0 fully saturated rings. The van der Waals surface area contributed by atoms with Crippen molar-refractivity contribution in [3.63, 3.8) is 0 Å². The van der Waals surface area contributed by atoms with Gasteiger partial charge in [0.05, 0.1) is 5.39 Å². The molecule has 0 aliphatic rings. The molecule has 0 aliphatic heterocycles. The Balaban J connectivity index is 2.25. The van der Waals surface area contributed by atoms with Gasteiger partial charge in [-0.2, -0.15) is 0 Å². The molecule has 0 unspecified atom stereocenters. The van der Waals surface area contributed by atoms with Gasteiger partial charge in [0.1, 0.15) is 0 Å². The number of nitrogens with one attached hydrogen (secondary N) is 1. The first kappa shape index (κ1) is 11.8. The molecule has 0 aliphatic carbocycles. The Morgan fingerprint density at radius 1 is 1.26 bits per heavy atom. The zero-order chi connectivity index (χ0) is 13.7. The minimum Gasteiger partial charge on any atom is -0.431 e. The molecule has 3 rings (SSSR count). The maximum absolute atomic E-state index is 11.0. The van der Waals surface area contributed by atoms with E-state index in [9.17, 15) is 4.79 Å². The Kier molecular flexibility index (Phi) is 2.38. The average molecular weight is 262 g/mol. The van der Waals surface area contributed by atoms with Crippen molar-refractivity contribution < 1.29 is 8.83 Å². The normalized spacial score (nSPS) is 11.8. The highest BCUT2D eigenvalue weighted by molar-refractivity contribution is 5.86. The second kappa shape index (κ2) is 3.84. The maximum atomic E-state index is 11.0. The van der Waals surface area contributed by atoms with Crippen LogP contribution in [0.25, 0.3) is 22.8 Å². The first-order valence-electron chi connectivity index (χ1n) is 6.03. The molecule has 0 amide bonds. The fourth-order valence-corrected chi connectivity index (χ4v) is 2.32. The molecular formula is C12H14N4O3. The van der Waals surface area contributed by atoms with E-state index in [1.807, 2.05) is 18.5 Å². The summed E-state index contributed by atoms with van der Waals surface area (Å²) in [6.07, 6.45) is 0. The van der Waals surface area contributed by atoms with E-state index in [4.69, 9.17) is 8.83 Å². The third-order valence-corrected chi connectivity index (χ3v) is 3.15. The van der Waals surface area contributed by atoms with Crippen LogP contribution < -0.4 is 5.76 Å². The van der Waals surface area contributed by atoms with E-state index < -0.39 is 5.76 Å². The van der Waals surface area contributed by atoms with Crippen LogP contribution in [-0.4, -0.2) is 20.0 Å². The third kappa shape index (κ3) is 1.61. The summed E-state index contributed by atoms with van der Waals surface area (Å²) in [5.41, 5.74) is 2.43. The number of hydrogen-bond acceptors (Lipinski definition) is 5. The number of furan rings is 1. The van der Waals surface area contributed by atoms with E-state index in [1.165, 1.54) is 0 Å². The first-order valence-corrected chi connectivity index (χ1v) is 6.03. The van der Waals surface area contributed by atoms with Gasteiger partial charge in [0.2, 0.25) is 5.71 Å². The molecule has 100 valence electrons. The molecule has 3 heterocycles. The molecule has 0 bridgehead atoms. The Labute approximate surface area is 108 Å². The van der Waals surface area contributed by atoms with Crippen molar-refractivity contribution in [2.45, 2.75) is 33.7 Å². The van der Waals surface area contributed by atoms with Crippen molar-refractivity contribution >= 4 is 11.1 Å². The van der Waals surface area contributed by atoms with Crippen LogP contribution in [-0.2, 0) is 0 Å². The van der Waals surface area contributed by atoms with Crippen LogP contribution in [0.5, 0.6) is 0 Å². The molecule has 0 spiro atoms. The van der Waals surface area contributed by atoms with Crippen LogP contribution in [0.1, 0.15) is 31.1 Å². The van der Waals surface area contributed by atoms with Gasteiger partial charge in [-0.3, -0.25) is 4.68 Å². The quantitative estimate of drug-likeness (QED) is 0.764. The molecular weight excluding hydrogens is 248 g/mol. The van der Waals surface area contributed by atoms with E-state index in [1.54, 1.807) is 0 Å². The summed E-state index contributed by atoms with van der Waals surface area (Å²) >= 11 is 0. The van der Waals surface area contributed by atoms with E-state index >= 15 is 0 Å². The molecule has 0 aromatic carbocycles. The van der Waals surface area contributed by atoms with E-state index in [0.717, 1.165) is 16.6 Å². The van der Waals surface area contributed by atoms with Gasteiger partial charge in [-0.25, -0.2) is 9.89 Å². The highest BCUT2D eigenvalue weighted by Crippen LogP contribution is 2.33. The fourth-order valence-electron chi connectivity index (χ4n) is 2.32. The Morgan fingerprint density at radius 2 is 2.00 bits per heavy atom. The number of aromatic amines is 1. The molecule has 0 atom stereocenters. The molecule has 19 heavy (non-hydrogen) atoms. The van der Waals surface area contributed by atoms with Gasteiger partial charge >= 0.3 is 5.76 Å². The van der Waals surface area contributed by atoms with Crippen LogP contribution in [0.4, 0.5) is 0 Å². The summed E-state index contributed by atoms with van der Waals surface area (Å²) in [6, 6.07) is 0.258. The van der Waals surface area contributed by atoms with Crippen molar-refractivity contribution in [2.75, 3.05) is 0 Å². The minimum atomic E-state index is -0.604. The van der Waals surface area contributed by atoms with Gasteiger partial charge < -0.3 is 8.83 Å². The largest absolute Gasteiger partial charge is 0.434 e. The fraction of sp³-hybridized carbons (Fsp3) is 0.417. The smallest absolute Gasteiger partial charge is 0.431 e. The van der Waals surface area contributed by atoms with Crippen molar-refractivity contribution in [2.24, 2.45) is 0 Å². The summed E-state index contributed by atoms with van der Waals surface area (Å²) in [4.78, 5) is 11.0. The van der Waals surface area contributed by atoms with E-state index in [-0.39, 0.29) is 11.9 Å². The van der Waals surface area contributed by atoms with Gasteiger partial charge in [-0.1, -0.05) is 0 Å². The van der Waals surface area contributed by atoms with Crippen molar-refractivity contribution in [3.8, 4) is 11.7 Å². The van der Waals surface area contributed by atoms with Crippen molar-refractivity contribution in [1.29, 1.82) is 0 Å². The topological polar surface area (TPSA) is 89.8 Å². The molecule has 7 nitrogen and oxygen atoms in total. The molecule has 0 saturated carbocycles. The number of fused-ring (bicyclic) bond motifs is 1. The minimum absolute atomic E-state index is 0.149. The SMILES string of the molecule is Cc1c(-c2n[nH]c(=O)o2)oc2nn(C(C)C)c(C)c12. The van der Waals surface area contributed by atoms with Crippen LogP contribution >= 0.6 is 0 Å². The molecule has 0 saturated heterocycles. The third-order valence-electron chi connectivity index (χ3n) is 3.15. The molecule has 3 aromatic heterocycles. The maximum Gasteiger partial charge on any atom is 0.434 e. The van der Waals surface area contributed by atoms with E-state index in [0.29, 0.717) is 11.5 Å². The molecule has 1 N–H and O–H groups in total. The molecule has 7 heteroatoms. The lowest BCUT2D eigenvalue weighted by molar-refractivity contribution is 0.485. The van der Waals surface area contributed by atoms with Crippen LogP contribution in [0.2, 0.25) is 0 Å². The number of aryl methyl sites for hydroxylation is 2. The lowest BCUT2D eigenvalue weighted by atomic mass is 10.2. The standard InChI is InChI=1S/C12H14N4O3/c1-5(2)16-7(4)8-6(3)9(18-10(8)15-16)11-13-14-12(17)19-11/h5H,1-4H3,(H,14,17). The van der Waals surface area contributed by atoms with Gasteiger partial charge in [0, 0.05) is 17.3 Å². The van der Waals surface area contributed by atoms with Crippen LogP contribution in [0.3, 0.4) is 0 Å². The zero-order valence-electron chi connectivity index (χ0n) is 11.1. The lowest BCUT2D eigenvalue weighted by Gasteiger charge is -2.07. The Bertz CT molecular complexity index is 803. The average Bonchev–Trinajstić information content (AvgIpc) is 2.97. The summed E-state index contributed by atoms with van der Waals surface area (Å²) < 4.78 is 12.5. The van der Waals surface area contributed by atoms with Crippen molar-refractivity contribution in [3.05, 3.63) is 21.8 Å². The van der Waals surface area contributed by atoms with E-state index in [2.05, 4.69) is 29.1 Å². The number of H-pyrrole nitrogens is 1. The van der Waals surface area contributed by atoms with Crippen molar-refractivity contribution in [1.82, 2.24) is 20.0 Å². The number of rotatable bonds is 2. The van der Waals surface area contributed by atoms with Gasteiger partial charge in [0.15, 0.2) is 5.76 Å². The highest BCUT2D eigenvalue weighted by Gasteiger charge is 2.22. The van der Waals surface area contributed by atoms with Gasteiger partial charge in [-0.15, -0.1) is 10.2 Å². The molecule has 0 radical (unpaired) electrons. The molecule has 3 aromatic rings. The second-order valence-corrected chi connectivity index (χ2v) is 4.78. The monoisotopic (exact) mass is 262 g/mol. The number of hydrogen-bond donors (Lipinski definition) is 1. The predicted octanol–water partition coefficient (Wildman–Crippen LogP) is 2.17. The van der Waals surface area contributed by atoms with Gasteiger partial charge in [-0.05, 0) is 27.7 Å². The zero-order valence-corrected chi connectivity index (χ0v) is 11.1. The Morgan fingerprint density at radius 3 is 2.53 bits per heavy atom. The van der Waals surface area contributed by atoms with Crippen LogP contribution in [0, 0.1) is 13.8 Å². The lowest BCUT2D eigenvalue weighted by Crippen LogP contribution is -2.04. The predicted molar refractivity (Wildman–Crippen MR) is 68.0 cm³/mol. The summed E-state index contributed by atoms with van der Waals surface area (Å²) in [6.45, 7) is 8.00. The number of aromatic nitrogens is 4. The highest BCUT2D eigenvalue weighted by atomic mass is 16.4. The number of nitrogens with zero attached hydrogens (tertiary/aromatic N) is 3. The summed E-state index contributed by atoms with van der Waals surface area (Å²) in [7, 11) is 0. The van der Waals surface area contributed by atoms with Crippen LogP contribution in [0.15, 0.2) is 13.6 Å². The summed E-state index contributed by atoms with van der Waals surface area (Å²) in [5.74, 6) is -0.0155. The Hall–Kier alpha value is -2.31. The summed E-state index contributed by atoms with van der Waals surface area (Å²) in [5, 5.41) is 11.4. The second-order valence-electron chi connectivity index (χ2n) is 4.78. The van der Waals surface area contributed by atoms with Gasteiger partial charge in [0.25, 0.3) is 5.89 Å². The first-order chi connectivity index (χ1) is 8.99.